The van der Waals surface area contributed by atoms with Gasteiger partial charge in [-0.25, -0.2) is 9.50 Å². The third-order valence-electron chi connectivity index (χ3n) is 4.18. The first-order valence-corrected chi connectivity index (χ1v) is 7.20. The number of aromatic nitrogens is 4. The molecule has 0 bridgehead atoms. The smallest absolute Gasteiger partial charge is 0.216 e. The average Bonchev–Trinajstić information content (AvgIpc) is 2.85. The van der Waals surface area contributed by atoms with E-state index in [4.69, 9.17) is 0 Å². The Morgan fingerprint density at radius 3 is 2.29 bits per heavy atom. The lowest BCUT2D eigenvalue weighted by atomic mass is 9.93. The fourth-order valence-electron chi connectivity index (χ4n) is 3.08. The van der Waals surface area contributed by atoms with Crippen molar-refractivity contribution in [1.29, 1.82) is 0 Å². The summed E-state index contributed by atoms with van der Waals surface area (Å²) in [5.74, 6) is 0.672. The van der Waals surface area contributed by atoms with Gasteiger partial charge in [0.2, 0.25) is 0 Å². The highest BCUT2D eigenvalue weighted by molar-refractivity contribution is 5.44. The molecule has 4 nitrogen and oxygen atoms in total. The molecule has 0 radical (unpaired) electrons. The van der Waals surface area contributed by atoms with Gasteiger partial charge in [-0.15, -0.1) is 0 Å². The molecule has 4 heteroatoms. The van der Waals surface area contributed by atoms with Crippen molar-refractivity contribution >= 4 is 5.78 Å². The van der Waals surface area contributed by atoms with Crippen molar-refractivity contribution in [3.8, 4) is 0 Å². The van der Waals surface area contributed by atoms with Crippen LogP contribution in [0.3, 0.4) is 0 Å². The molecule has 0 atom stereocenters. The molecule has 0 N–H and O–H groups in total. The maximum Gasteiger partial charge on any atom is 0.252 e. The van der Waals surface area contributed by atoms with Gasteiger partial charge in [0.25, 0.3) is 5.78 Å². The minimum Gasteiger partial charge on any atom is -0.216 e. The van der Waals surface area contributed by atoms with Gasteiger partial charge >= 0.3 is 0 Å². The number of hydrogen-bond acceptors (Lipinski definition) is 3. The molecule has 1 aromatic carbocycles. The Hall–Kier alpha value is -2.23. The number of fused-ring (bicyclic) bond motifs is 1. The highest BCUT2D eigenvalue weighted by Crippen LogP contribution is 2.23. The Labute approximate surface area is 124 Å². The molecule has 0 aliphatic carbocycles. The van der Waals surface area contributed by atoms with E-state index in [1.165, 1.54) is 27.8 Å². The van der Waals surface area contributed by atoms with Gasteiger partial charge in [-0.05, 0) is 56.9 Å². The third-order valence-corrected chi connectivity index (χ3v) is 4.18. The SMILES string of the molecule is Cc1cc(C)c(Cc2c(C)nc3ncnn3c2C)c(C)c1. The van der Waals surface area contributed by atoms with Crippen LogP contribution >= 0.6 is 0 Å². The lowest BCUT2D eigenvalue weighted by molar-refractivity contribution is 0.853. The van der Waals surface area contributed by atoms with Crippen LogP contribution in [0.1, 0.15) is 39.2 Å². The van der Waals surface area contributed by atoms with E-state index in [9.17, 15) is 0 Å². The van der Waals surface area contributed by atoms with Crippen molar-refractivity contribution in [2.24, 2.45) is 0 Å². The molecule has 108 valence electrons. The van der Waals surface area contributed by atoms with Crippen molar-refractivity contribution in [3.63, 3.8) is 0 Å². The van der Waals surface area contributed by atoms with Crippen LogP contribution in [-0.4, -0.2) is 19.6 Å². The summed E-state index contributed by atoms with van der Waals surface area (Å²) in [7, 11) is 0. The van der Waals surface area contributed by atoms with Crippen molar-refractivity contribution in [1.82, 2.24) is 19.6 Å². The molecule has 0 spiro atoms. The lowest BCUT2D eigenvalue weighted by Crippen LogP contribution is -2.08. The number of rotatable bonds is 2. The topological polar surface area (TPSA) is 43.1 Å². The summed E-state index contributed by atoms with van der Waals surface area (Å²) in [4.78, 5) is 8.73. The Morgan fingerprint density at radius 1 is 0.952 bits per heavy atom. The molecule has 3 rings (SSSR count). The van der Waals surface area contributed by atoms with Gasteiger partial charge < -0.3 is 0 Å². The molecule has 0 saturated carbocycles. The van der Waals surface area contributed by atoms with Crippen molar-refractivity contribution in [2.75, 3.05) is 0 Å². The van der Waals surface area contributed by atoms with Gasteiger partial charge in [0.05, 0.1) is 0 Å². The minimum absolute atomic E-state index is 0.672. The maximum atomic E-state index is 4.56. The van der Waals surface area contributed by atoms with E-state index in [-0.39, 0.29) is 0 Å². The Morgan fingerprint density at radius 2 is 1.62 bits per heavy atom. The first kappa shape index (κ1) is 13.7. The molecule has 3 aromatic rings. The molecular weight excluding hydrogens is 260 g/mol. The van der Waals surface area contributed by atoms with E-state index < -0.39 is 0 Å². The van der Waals surface area contributed by atoms with E-state index in [0.29, 0.717) is 5.78 Å². The quantitative estimate of drug-likeness (QED) is 0.723. The van der Waals surface area contributed by atoms with E-state index in [1.807, 2.05) is 4.52 Å². The van der Waals surface area contributed by atoms with E-state index in [0.717, 1.165) is 17.8 Å². The van der Waals surface area contributed by atoms with E-state index >= 15 is 0 Å². The monoisotopic (exact) mass is 280 g/mol. The van der Waals surface area contributed by atoms with Gasteiger partial charge in [0, 0.05) is 17.8 Å². The molecular formula is C17H20N4. The number of aryl methyl sites for hydroxylation is 5. The van der Waals surface area contributed by atoms with Crippen LogP contribution in [0, 0.1) is 34.6 Å². The normalized spacial score (nSPS) is 11.3. The molecule has 2 heterocycles. The molecule has 0 aliphatic heterocycles. The summed E-state index contributed by atoms with van der Waals surface area (Å²) in [6, 6.07) is 4.49. The van der Waals surface area contributed by atoms with E-state index in [2.05, 4.69) is 61.8 Å². The minimum atomic E-state index is 0.672. The summed E-state index contributed by atoms with van der Waals surface area (Å²) in [6.07, 6.45) is 2.44. The highest BCUT2D eigenvalue weighted by Gasteiger charge is 2.13. The predicted octanol–water partition coefficient (Wildman–Crippen LogP) is 3.26. The molecule has 0 amide bonds. The van der Waals surface area contributed by atoms with Gasteiger partial charge in [-0.3, -0.25) is 0 Å². The van der Waals surface area contributed by atoms with Crippen LogP contribution in [0.15, 0.2) is 18.5 Å². The van der Waals surface area contributed by atoms with Crippen molar-refractivity contribution in [3.05, 3.63) is 57.7 Å². The molecule has 2 aromatic heterocycles. The Balaban J connectivity index is 2.14. The second-order valence-electron chi connectivity index (χ2n) is 5.79. The van der Waals surface area contributed by atoms with Crippen molar-refractivity contribution < 1.29 is 0 Å². The highest BCUT2D eigenvalue weighted by atomic mass is 15.3. The zero-order chi connectivity index (χ0) is 15.1. The largest absolute Gasteiger partial charge is 0.252 e. The molecule has 0 saturated heterocycles. The second-order valence-corrected chi connectivity index (χ2v) is 5.79. The molecule has 0 unspecified atom stereocenters. The zero-order valence-corrected chi connectivity index (χ0v) is 13.2. The summed E-state index contributed by atoms with van der Waals surface area (Å²) in [6.45, 7) is 10.6. The lowest BCUT2D eigenvalue weighted by Gasteiger charge is -2.15. The number of hydrogen-bond donors (Lipinski definition) is 0. The first-order valence-electron chi connectivity index (χ1n) is 7.20. The molecule has 0 aliphatic rings. The van der Waals surface area contributed by atoms with Gasteiger partial charge in [-0.2, -0.15) is 10.1 Å². The van der Waals surface area contributed by atoms with Crippen LogP contribution < -0.4 is 0 Å². The second kappa shape index (κ2) is 4.95. The van der Waals surface area contributed by atoms with Crippen LogP contribution in [-0.2, 0) is 6.42 Å². The van der Waals surface area contributed by atoms with Crippen molar-refractivity contribution in [2.45, 2.75) is 41.0 Å². The summed E-state index contributed by atoms with van der Waals surface area (Å²) >= 11 is 0. The van der Waals surface area contributed by atoms with Gasteiger partial charge in [0.15, 0.2) is 0 Å². The van der Waals surface area contributed by atoms with Crippen LogP contribution in [0.25, 0.3) is 5.78 Å². The first-order chi connectivity index (χ1) is 9.97. The molecule has 21 heavy (non-hydrogen) atoms. The van der Waals surface area contributed by atoms with E-state index in [1.54, 1.807) is 6.33 Å². The van der Waals surface area contributed by atoms with Crippen LogP contribution in [0.5, 0.6) is 0 Å². The van der Waals surface area contributed by atoms with Crippen LogP contribution in [0.2, 0.25) is 0 Å². The average molecular weight is 280 g/mol. The number of nitrogens with zero attached hydrogens (tertiary/aromatic N) is 4. The molecule has 0 fully saturated rings. The van der Waals surface area contributed by atoms with Gasteiger partial charge in [-0.1, -0.05) is 17.7 Å². The van der Waals surface area contributed by atoms with Crippen LogP contribution in [0.4, 0.5) is 0 Å². The summed E-state index contributed by atoms with van der Waals surface area (Å²) in [5.41, 5.74) is 8.76. The number of benzene rings is 1. The maximum absolute atomic E-state index is 4.56. The third kappa shape index (κ3) is 2.31. The summed E-state index contributed by atoms with van der Waals surface area (Å²) < 4.78 is 1.82. The predicted molar refractivity (Wildman–Crippen MR) is 83.7 cm³/mol. The fraction of sp³-hybridized carbons (Fsp3) is 0.353. The zero-order valence-electron chi connectivity index (χ0n) is 13.2. The standard InChI is InChI=1S/C17H20N4/c1-10-6-11(2)15(12(3)7-10)8-16-13(4)20-17-18-9-19-21(17)14(16)5/h6-7,9H,8H2,1-5H3. The fourth-order valence-corrected chi connectivity index (χ4v) is 3.08. The Bertz CT molecular complexity index is 807. The summed E-state index contributed by atoms with van der Waals surface area (Å²) in [5, 5.41) is 4.26. The van der Waals surface area contributed by atoms with Gasteiger partial charge in [0.1, 0.15) is 6.33 Å². The Kier molecular flexibility index (Phi) is 3.24.